The molecule has 0 atom stereocenters. The zero-order chi connectivity index (χ0) is 12.0. The third-order valence-corrected chi connectivity index (χ3v) is 4.10. The van der Waals surface area contributed by atoms with E-state index < -0.39 is 0 Å². The fraction of sp³-hybridized carbons (Fsp3) is 0.538. The van der Waals surface area contributed by atoms with Gasteiger partial charge in [-0.2, -0.15) is 0 Å². The van der Waals surface area contributed by atoms with Gasteiger partial charge in [-0.3, -0.25) is 0 Å². The van der Waals surface area contributed by atoms with Gasteiger partial charge >= 0.3 is 0 Å². The van der Waals surface area contributed by atoms with Gasteiger partial charge in [-0.25, -0.2) is 0 Å². The Morgan fingerprint density at radius 1 is 1.35 bits per heavy atom. The molecule has 3 rings (SSSR count). The van der Waals surface area contributed by atoms with E-state index in [1.54, 1.807) is 0 Å². The highest BCUT2D eigenvalue weighted by molar-refractivity contribution is 6.32. The third kappa shape index (κ3) is 1.60. The van der Waals surface area contributed by atoms with Crippen molar-refractivity contribution in [3.8, 4) is 11.5 Å². The summed E-state index contributed by atoms with van der Waals surface area (Å²) in [6, 6.07) is 1.87. The van der Waals surface area contributed by atoms with Crippen molar-refractivity contribution in [2.24, 2.45) is 5.73 Å². The largest absolute Gasteiger partial charge is 0.486 e. The van der Waals surface area contributed by atoms with Gasteiger partial charge in [-0.05, 0) is 25.3 Å². The van der Waals surface area contributed by atoms with E-state index in [1.165, 1.54) is 0 Å². The zero-order valence-electron chi connectivity index (χ0n) is 9.88. The molecule has 1 saturated carbocycles. The quantitative estimate of drug-likeness (QED) is 0.880. The molecular weight excluding hydrogens is 238 g/mol. The Balaban J connectivity index is 2.16. The van der Waals surface area contributed by atoms with Gasteiger partial charge < -0.3 is 15.2 Å². The molecule has 0 unspecified atom stereocenters. The fourth-order valence-electron chi connectivity index (χ4n) is 2.67. The van der Waals surface area contributed by atoms with Gasteiger partial charge in [-0.15, -0.1) is 0 Å². The molecule has 0 spiro atoms. The maximum absolute atomic E-state index is 6.38. The Labute approximate surface area is 106 Å². The van der Waals surface area contributed by atoms with Crippen LogP contribution in [0.3, 0.4) is 0 Å². The summed E-state index contributed by atoms with van der Waals surface area (Å²) < 4.78 is 11.3. The van der Waals surface area contributed by atoms with Crippen LogP contribution in [-0.2, 0) is 5.41 Å². The van der Waals surface area contributed by atoms with Crippen LogP contribution in [0.15, 0.2) is 6.07 Å². The van der Waals surface area contributed by atoms with E-state index in [4.69, 9.17) is 26.8 Å². The van der Waals surface area contributed by atoms with Crippen LogP contribution in [0.25, 0.3) is 0 Å². The van der Waals surface area contributed by atoms with E-state index >= 15 is 0 Å². The minimum atomic E-state index is 0.0804. The minimum Gasteiger partial charge on any atom is -0.486 e. The molecule has 0 bridgehead atoms. The van der Waals surface area contributed by atoms with Gasteiger partial charge in [0.1, 0.15) is 13.2 Å². The summed E-state index contributed by atoms with van der Waals surface area (Å²) in [4.78, 5) is 0. The van der Waals surface area contributed by atoms with Crippen molar-refractivity contribution < 1.29 is 9.47 Å². The van der Waals surface area contributed by atoms with Gasteiger partial charge in [0.05, 0.1) is 0 Å². The van der Waals surface area contributed by atoms with Crippen LogP contribution in [0.1, 0.15) is 24.0 Å². The van der Waals surface area contributed by atoms with Crippen LogP contribution in [0.5, 0.6) is 11.5 Å². The molecule has 92 valence electrons. The Kier molecular flexibility index (Phi) is 2.49. The summed E-state index contributed by atoms with van der Waals surface area (Å²) in [7, 11) is 0. The number of hydrogen-bond acceptors (Lipinski definition) is 3. The maximum Gasteiger partial charge on any atom is 0.164 e. The van der Waals surface area contributed by atoms with Gasteiger partial charge in [0.15, 0.2) is 11.5 Å². The van der Waals surface area contributed by atoms with E-state index in [9.17, 15) is 0 Å². The summed E-state index contributed by atoms with van der Waals surface area (Å²) in [5.41, 5.74) is 8.22. The van der Waals surface area contributed by atoms with Crippen LogP contribution in [-0.4, -0.2) is 19.8 Å². The molecule has 1 aliphatic heterocycles. The number of benzene rings is 1. The number of rotatable bonds is 2. The second-order valence-electron chi connectivity index (χ2n) is 4.87. The summed E-state index contributed by atoms with van der Waals surface area (Å²) in [5, 5.41) is 0.759. The molecule has 0 amide bonds. The lowest BCUT2D eigenvalue weighted by molar-refractivity contribution is 0.170. The van der Waals surface area contributed by atoms with Gasteiger partial charge in [0.2, 0.25) is 0 Å². The summed E-state index contributed by atoms with van der Waals surface area (Å²) >= 11 is 6.38. The van der Waals surface area contributed by atoms with E-state index in [2.05, 4.69) is 0 Å². The molecule has 2 N–H and O–H groups in total. The van der Waals surface area contributed by atoms with Crippen LogP contribution < -0.4 is 15.2 Å². The van der Waals surface area contributed by atoms with Gasteiger partial charge in [0, 0.05) is 28.6 Å². The molecule has 0 saturated heterocycles. The van der Waals surface area contributed by atoms with Gasteiger partial charge in [-0.1, -0.05) is 11.6 Å². The highest BCUT2D eigenvalue weighted by Crippen LogP contribution is 2.54. The zero-order valence-corrected chi connectivity index (χ0v) is 10.6. The average Bonchev–Trinajstić information content (AvgIpc) is 3.10. The van der Waals surface area contributed by atoms with Crippen molar-refractivity contribution in [3.05, 3.63) is 22.2 Å². The van der Waals surface area contributed by atoms with E-state index in [0.717, 1.165) is 40.5 Å². The highest BCUT2D eigenvalue weighted by Gasteiger charge is 2.46. The van der Waals surface area contributed by atoms with E-state index in [0.29, 0.717) is 19.8 Å². The SMILES string of the molecule is Cc1c2c(cc(Cl)c1C1(CN)CC1)OCCO2. The van der Waals surface area contributed by atoms with Crippen molar-refractivity contribution in [1.29, 1.82) is 0 Å². The number of hydrogen-bond donors (Lipinski definition) is 1. The molecule has 1 aliphatic carbocycles. The first-order chi connectivity index (χ1) is 8.18. The lowest BCUT2D eigenvalue weighted by atomic mass is 9.91. The average molecular weight is 254 g/mol. The number of ether oxygens (including phenoxy) is 2. The van der Waals surface area contributed by atoms with Crippen LogP contribution in [0, 0.1) is 6.92 Å². The Morgan fingerprint density at radius 2 is 2.06 bits per heavy atom. The van der Waals surface area contributed by atoms with E-state index in [-0.39, 0.29) is 5.41 Å². The minimum absolute atomic E-state index is 0.0804. The first-order valence-electron chi connectivity index (χ1n) is 5.97. The molecule has 0 radical (unpaired) electrons. The highest BCUT2D eigenvalue weighted by atomic mass is 35.5. The summed E-state index contributed by atoms with van der Waals surface area (Å²) in [6.07, 6.45) is 2.23. The first-order valence-corrected chi connectivity index (χ1v) is 6.35. The van der Waals surface area contributed by atoms with Crippen molar-refractivity contribution in [2.75, 3.05) is 19.8 Å². The summed E-state index contributed by atoms with van der Waals surface area (Å²) in [5.74, 6) is 1.60. The lowest BCUT2D eigenvalue weighted by Gasteiger charge is -2.25. The second kappa shape index (κ2) is 3.79. The lowest BCUT2D eigenvalue weighted by Crippen LogP contribution is -2.23. The molecule has 4 heteroatoms. The van der Waals surface area contributed by atoms with Crippen LogP contribution in [0.2, 0.25) is 5.02 Å². The molecule has 2 aliphatic rings. The van der Waals surface area contributed by atoms with Crippen LogP contribution >= 0.6 is 11.6 Å². The molecular formula is C13H16ClNO2. The number of halogens is 1. The Morgan fingerprint density at radius 3 is 2.71 bits per heavy atom. The Bertz CT molecular complexity index is 469. The second-order valence-corrected chi connectivity index (χ2v) is 5.27. The predicted molar refractivity (Wildman–Crippen MR) is 67.1 cm³/mol. The number of fused-ring (bicyclic) bond motifs is 1. The standard InChI is InChI=1S/C13H16ClNO2/c1-8-11(13(7-15)2-3-13)9(14)6-10-12(8)17-5-4-16-10/h6H,2-5,7,15H2,1H3. The van der Waals surface area contributed by atoms with Crippen molar-refractivity contribution in [2.45, 2.75) is 25.2 Å². The fourth-order valence-corrected chi connectivity index (χ4v) is 3.11. The molecule has 1 fully saturated rings. The van der Waals surface area contributed by atoms with Crippen LogP contribution in [0.4, 0.5) is 0 Å². The molecule has 3 nitrogen and oxygen atoms in total. The van der Waals surface area contributed by atoms with Gasteiger partial charge in [0.25, 0.3) is 0 Å². The van der Waals surface area contributed by atoms with E-state index in [1.807, 2.05) is 13.0 Å². The molecule has 17 heavy (non-hydrogen) atoms. The first kappa shape index (κ1) is 11.2. The normalized spacial score (nSPS) is 20.2. The number of nitrogens with two attached hydrogens (primary N) is 1. The molecule has 0 aromatic heterocycles. The van der Waals surface area contributed by atoms with Crippen molar-refractivity contribution >= 4 is 11.6 Å². The smallest absolute Gasteiger partial charge is 0.164 e. The molecule has 1 aromatic rings. The predicted octanol–water partition coefficient (Wildman–Crippen LogP) is 2.41. The summed E-state index contributed by atoms with van der Waals surface area (Å²) in [6.45, 7) is 3.88. The maximum atomic E-state index is 6.38. The Hall–Kier alpha value is -0.930. The monoisotopic (exact) mass is 253 g/mol. The third-order valence-electron chi connectivity index (χ3n) is 3.80. The van der Waals surface area contributed by atoms with Crippen molar-refractivity contribution in [3.63, 3.8) is 0 Å². The van der Waals surface area contributed by atoms with Crippen molar-refractivity contribution in [1.82, 2.24) is 0 Å². The topological polar surface area (TPSA) is 44.5 Å². The molecule has 1 aromatic carbocycles. The molecule has 1 heterocycles.